The van der Waals surface area contributed by atoms with Gasteiger partial charge in [-0.25, -0.2) is 4.79 Å². The molecular weight excluding hydrogens is 332 g/mol. The molecule has 144 valence electrons. The van der Waals surface area contributed by atoms with Crippen LogP contribution < -0.4 is 4.74 Å². The van der Waals surface area contributed by atoms with Crippen LogP contribution in [-0.2, 0) is 14.3 Å². The molecule has 1 aromatic carbocycles. The summed E-state index contributed by atoms with van der Waals surface area (Å²) in [4.78, 5) is 35.0. The summed E-state index contributed by atoms with van der Waals surface area (Å²) in [6.07, 6.45) is 10.6. The third kappa shape index (κ3) is 9.35. The fourth-order valence-corrected chi connectivity index (χ4v) is 2.67. The van der Waals surface area contributed by atoms with E-state index in [0.29, 0.717) is 6.42 Å². The summed E-state index contributed by atoms with van der Waals surface area (Å²) < 4.78 is 9.82. The number of ether oxygens (including phenoxy) is 2. The van der Waals surface area contributed by atoms with Crippen molar-refractivity contribution in [2.24, 2.45) is 0 Å². The Morgan fingerprint density at radius 2 is 1.42 bits per heavy atom. The Kier molecular flexibility index (Phi) is 11.0. The van der Waals surface area contributed by atoms with E-state index in [1.54, 1.807) is 12.1 Å². The lowest BCUT2D eigenvalue weighted by molar-refractivity contribution is -0.138. The zero-order chi connectivity index (χ0) is 19.2. The average molecular weight is 362 g/mol. The van der Waals surface area contributed by atoms with Crippen LogP contribution in [0.4, 0.5) is 0 Å². The van der Waals surface area contributed by atoms with Gasteiger partial charge in [0.15, 0.2) is 0 Å². The molecule has 0 bridgehead atoms. The van der Waals surface area contributed by atoms with E-state index >= 15 is 0 Å². The number of hydrogen-bond donors (Lipinski definition) is 0. The molecule has 1 aromatic rings. The minimum Gasteiger partial charge on any atom is -0.426 e. The Hall–Kier alpha value is -2.17. The van der Waals surface area contributed by atoms with Gasteiger partial charge in [-0.2, -0.15) is 0 Å². The first-order valence-electron chi connectivity index (χ1n) is 9.57. The first-order chi connectivity index (χ1) is 12.5. The second-order valence-electron chi connectivity index (χ2n) is 6.43. The van der Waals surface area contributed by atoms with Gasteiger partial charge < -0.3 is 9.47 Å². The van der Waals surface area contributed by atoms with Gasteiger partial charge >= 0.3 is 17.9 Å². The summed E-state index contributed by atoms with van der Waals surface area (Å²) >= 11 is 0. The van der Waals surface area contributed by atoms with Gasteiger partial charge in [0, 0.05) is 13.3 Å². The molecule has 5 heteroatoms. The highest BCUT2D eigenvalue weighted by Gasteiger charge is 2.18. The van der Waals surface area contributed by atoms with E-state index in [1.807, 2.05) is 0 Å². The second-order valence-corrected chi connectivity index (χ2v) is 6.43. The lowest BCUT2D eigenvalue weighted by atomic mass is 10.1. The largest absolute Gasteiger partial charge is 0.426 e. The highest BCUT2D eigenvalue weighted by Crippen LogP contribution is 2.19. The monoisotopic (exact) mass is 362 g/mol. The van der Waals surface area contributed by atoms with Crippen LogP contribution in [0.2, 0.25) is 0 Å². The predicted molar refractivity (Wildman–Crippen MR) is 100 cm³/mol. The lowest BCUT2D eigenvalue weighted by Gasteiger charge is -2.08. The first-order valence-corrected chi connectivity index (χ1v) is 9.57. The Morgan fingerprint density at radius 1 is 0.846 bits per heavy atom. The summed E-state index contributed by atoms with van der Waals surface area (Å²) in [6.45, 7) is 3.45. The van der Waals surface area contributed by atoms with Crippen molar-refractivity contribution in [3.8, 4) is 5.75 Å². The number of hydrogen-bond acceptors (Lipinski definition) is 5. The number of rotatable bonds is 12. The highest BCUT2D eigenvalue weighted by atomic mass is 16.6. The van der Waals surface area contributed by atoms with Crippen LogP contribution in [0, 0.1) is 0 Å². The van der Waals surface area contributed by atoms with E-state index in [9.17, 15) is 14.4 Å². The van der Waals surface area contributed by atoms with Gasteiger partial charge in [0.25, 0.3) is 0 Å². The van der Waals surface area contributed by atoms with Crippen molar-refractivity contribution in [1.29, 1.82) is 0 Å². The molecule has 0 aliphatic rings. The van der Waals surface area contributed by atoms with Crippen LogP contribution in [0.1, 0.15) is 88.4 Å². The Balaban J connectivity index is 2.25. The molecule has 0 amide bonds. The van der Waals surface area contributed by atoms with Crippen molar-refractivity contribution >= 4 is 17.9 Å². The Morgan fingerprint density at radius 3 is 2.04 bits per heavy atom. The number of benzene rings is 1. The average Bonchev–Trinajstić information content (AvgIpc) is 2.60. The fourth-order valence-electron chi connectivity index (χ4n) is 2.67. The number of carbonyl (C=O) groups is 3. The molecule has 5 nitrogen and oxygen atoms in total. The number of unbranched alkanes of at least 4 members (excludes halogenated alkanes) is 8. The lowest BCUT2D eigenvalue weighted by Crippen LogP contribution is -2.14. The molecule has 0 unspecified atom stereocenters. The minimum absolute atomic E-state index is 0.0723. The van der Waals surface area contributed by atoms with E-state index in [4.69, 9.17) is 9.47 Å². The van der Waals surface area contributed by atoms with Gasteiger partial charge in [-0.3, -0.25) is 9.59 Å². The third-order valence-corrected chi connectivity index (χ3v) is 4.05. The summed E-state index contributed by atoms with van der Waals surface area (Å²) in [7, 11) is 0. The van der Waals surface area contributed by atoms with Gasteiger partial charge in [-0.1, -0.05) is 70.4 Å². The maximum absolute atomic E-state index is 12.1. The maximum Gasteiger partial charge on any atom is 0.349 e. The zero-order valence-electron chi connectivity index (χ0n) is 15.9. The van der Waals surface area contributed by atoms with Gasteiger partial charge in [-0.05, 0) is 18.6 Å². The summed E-state index contributed by atoms with van der Waals surface area (Å²) in [5.74, 6) is -1.77. The molecule has 0 N–H and O–H groups in total. The molecule has 0 atom stereocenters. The first kappa shape index (κ1) is 21.9. The van der Waals surface area contributed by atoms with E-state index in [1.165, 1.54) is 57.6 Å². The van der Waals surface area contributed by atoms with E-state index in [0.717, 1.165) is 12.8 Å². The van der Waals surface area contributed by atoms with Gasteiger partial charge in [0.2, 0.25) is 0 Å². The molecule has 0 aliphatic heterocycles. The predicted octanol–water partition coefficient (Wildman–Crippen LogP) is 5.22. The van der Waals surface area contributed by atoms with E-state index in [2.05, 4.69) is 6.92 Å². The zero-order valence-corrected chi connectivity index (χ0v) is 15.9. The number of esters is 3. The van der Waals surface area contributed by atoms with Crippen LogP contribution >= 0.6 is 0 Å². The summed E-state index contributed by atoms with van der Waals surface area (Å²) in [6, 6.07) is 6.21. The van der Waals surface area contributed by atoms with Crippen molar-refractivity contribution in [2.45, 2.75) is 78.1 Å². The van der Waals surface area contributed by atoms with Gasteiger partial charge in [0.05, 0.1) is 0 Å². The summed E-state index contributed by atoms with van der Waals surface area (Å²) in [5.41, 5.74) is 0.0723. The van der Waals surface area contributed by atoms with E-state index < -0.39 is 17.9 Å². The molecule has 0 radical (unpaired) electrons. The molecule has 0 aliphatic carbocycles. The molecule has 0 aromatic heterocycles. The van der Waals surface area contributed by atoms with Crippen molar-refractivity contribution in [1.82, 2.24) is 0 Å². The SMILES string of the molecule is CCCCCCCCCCCC(=O)OC(=O)c1ccccc1OC(C)=O. The van der Waals surface area contributed by atoms with Crippen molar-refractivity contribution in [2.75, 3.05) is 0 Å². The normalized spacial score (nSPS) is 10.4. The van der Waals surface area contributed by atoms with Crippen LogP contribution in [0.15, 0.2) is 24.3 Å². The second kappa shape index (κ2) is 13.1. The molecule has 0 spiro atoms. The minimum atomic E-state index is -0.789. The topological polar surface area (TPSA) is 69.7 Å². The van der Waals surface area contributed by atoms with Crippen molar-refractivity contribution < 1.29 is 23.9 Å². The van der Waals surface area contributed by atoms with Crippen LogP contribution in [0.3, 0.4) is 0 Å². The Bertz CT molecular complexity index is 580. The molecule has 0 fully saturated rings. The van der Waals surface area contributed by atoms with Gasteiger partial charge in [-0.15, -0.1) is 0 Å². The smallest absolute Gasteiger partial charge is 0.349 e. The molecule has 1 rings (SSSR count). The quantitative estimate of drug-likeness (QED) is 0.221. The van der Waals surface area contributed by atoms with Crippen LogP contribution in [0.25, 0.3) is 0 Å². The Labute approximate surface area is 156 Å². The molecular formula is C21H30O5. The number of para-hydroxylation sites is 1. The van der Waals surface area contributed by atoms with Crippen LogP contribution in [-0.4, -0.2) is 17.9 Å². The van der Waals surface area contributed by atoms with Crippen molar-refractivity contribution in [3.63, 3.8) is 0 Å². The standard InChI is InChI=1S/C21H30O5/c1-3-4-5-6-7-8-9-10-11-16-20(23)26-21(24)18-14-12-13-15-19(18)25-17(2)22/h12-15H,3-11,16H2,1-2H3. The molecule has 0 saturated carbocycles. The third-order valence-electron chi connectivity index (χ3n) is 4.05. The highest BCUT2D eigenvalue weighted by molar-refractivity contribution is 5.99. The molecule has 26 heavy (non-hydrogen) atoms. The maximum atomic E-state index is 12.1. The molecule has 0 saturated heterocycles. The van der Waals surface area contributed by atoms with Crippen molar-refractivity contribution in [3.05, 3.63) is 29.8 Å². The van der Waals surface area contributed by atoms with Crippen LogP contribution in [0.5, 0.6) is 5.75 Å². The fraction of sp³-hybridized carbons (Fsp3) is 0.571. The van der Waals surface area contributed by atoms with E-state index in [-0.39, 0.29) is 17.7 Å². The van der Waals surface area contributed by atoms with Gasteiger partial charge in [0.1, 0.15) is 11.3 Å². The molecule has 0 heterocycles. The number of carbonyl (C=O) groups excluding carboxylic acids is 3. The summed E-state index contributed by atoms with van der Waals surface area (Å²) in [5, 5.41) is 0.